The van der Waals surface area contributed by atoms with E-state index in [-0.39, 0.29) is 12.0 Å². The van der Waals surface area contributed by atoms with Crippen molar-refractivity contribution in [2.75, 3.05) is 19.7 Å². The minimum Gasteiger partial charge on any atom is -0.373 e. The van der Waals surface area contributed by atoms with E-state index in [4.69, 9.17) is 16.3 Å². The van der Waals surface area contributed by atoms with Crippen molar-refractivity contribution in [1.82, 2.24) is 19.7 Å². The van der Waals surface area contributed by atoms with Gasteiger partial charge in [0.05, 0.1) is 25.7 Å². The number of benzene rings is 1. The van der Waals surface area contributed by atoms with Gasteiger partial charge in [-0.2, -0.15) is 5.10 Å². The first-order valence-corrected chi connectivity index (χ1v) is 8.41. The zero-order valence-corrected chi connectivity index (χ0v) is 14.7. The zero-order chi connectivity index (χ0) is 17.1. The van der Waals surface area contributed by atoms with E-state index in [1.165, 1.54) is 0 Å². The van der Waals surface area contributed by atoms with Crippen molar-refractivity contribution in [2.24, 2.45) is 0 Å². The van der Waals surface area contributed by atoms with E-state index in [0.29, 0.717) is 37.7 Å². The molecular weight excluding hydrogens is 328 g/mol. The van der Waals surface area contributed by atoms with Crippen LogP contribution in [-0.2, 0) is 22.5 Å². The molecule has 1 aromatic heterocycles. The molecule has 2 heterocycles. The Kier molecular flexibility index (Phi) is 5.16. The Morgan fingerprint density at radius 2 is 2.25 bits per heavy atom. The second kappa shape index (κ2) is 7.32. The summed E-state index contributed by atoms with van der Waals surface area (Å²) in [5.41, 5.74) is 0.929. The van der Waals surface area contributed by atoms with Crippen molar-refractivity contribution in [1.29, 1.82) is 0 Å². The Morgan fingerprint density at radius 3 is 2.96 bits per heavy atom. The summed E-state index contributed by atoms with van der Waals surface area (Å²) < 4.78 is 7.63. The van der Waals surface area contributed by atoms with Crippen LogP contribution in [0.25, 0.3) is 0 Å². The molecule has 1 aliphatic heterocycles. The molecule has 1 fully saturated rings. The van der Waals surface area contributed by atoms with Gasteiger partial charge in [-0.3, -0.25) is 4.79 Å². The lowest BCUT2D eigenvalue weighted by Gasteiger charge is -2.33. The Balaban J connectivity index is 1.60. The van der Waals surface area contributed by atoms with Crippen molar-refractivity contribution in [3.05, 3.63) is 46.5 Å². The second-order valence-electron chi connectivity index (χ2n) is 6.03. The maximum absolute atomic E-state index is 12.5. The molecule has 0 bridgehead atoms. The lowest BCUT2D eigenvalue weighted by Crippen LogP contribution is -2.47. The predicted molar refractivity (Wildman–Crippen MR) is 91.0 cm³/mol. The number of aryl methyl sites for hydroxylation is 2. The summed E-state index contributed by atoms with van der Waals surface area (Å²) in [4.78, 5) is 18.7. The molecule has 6 nitrogen and oxygen atoms in total. The number of carbonyl (C=O) groups is 1. The summed E-state index contributed by atoms with van der Waals surface area (Å²) in [6.07, 6.45) is 0.288. The van der Waals surface area contributed by atoms with Gasteiger partial charge in [-0.25, -0.2) is 9.67 Å². The lowest BCUT2D eigenvalue weighted by atomic mass is 10.1. The Labute approximate surface area is 146 Å². The van der Waals surface area contributed by atoms with E-state index >= 15 is 0 Å². The Hall–Kier alpha value is -1.92. The van der Waals surface area contributed by atoms with Crippen LogP contribution in [0.3, 0.4) is 0 Å². The van der Waals surface area contributed by atoms with Crippen LogP contribution in [-0.4, -0.2) is 51.4 Å². The highest BCUT2D eigenvalue weighted by Crippen LogP contribution is 2.14. The molecule has 24 heavy (non-hydrogen) atoms. The average molecular weight is 349 g/mol. The van der Waals surface area contributed by atoms with E-state index in [1.807, 2.05) is 47.7 Å². The van der Waals surface area contributed by atoms with Gasteiger partial charge in [-0.05, 0) is 31.5 Å². The van der Waals surface area contributed by atoms with E-state index in [9.17, 15) is 4.79 Å². The van der Waals surface area contributed by atoms with Gasteiger partial charge < -0.3 is 9.64 Å². The molecule has 128 valence electrons. The van der Waals surface area contributed by atoms with Crippen molar-refractivity contribution < 1.29 is 9.53 Å². The van der Waals surface area contributed by atoms with Crippen LogP contribution in [0, 0.1) is 13.8 Å². The predicted octanol–water partition coefficient (Wildman–Crippen LogP) is 2.02. The normalized spacial score (nSPS) is 18.0. The van der Waals surface area contributed by atoms with Crippen LogP contribution in [0.2, 0.25) is 5.02 Å². The first-order valence-electron chi connectivity index (χ1n) is 8.03. The van der Waals surface area contributed by atoms with Crippen molar-refractivity contribution in [2.45, 2.75) is 32.9 Å². The molecule has 3 rings (SSSR count). The monoisotopic (exact) mass is 348 g/mol. The van der Waals surface area contributed by atoms with Crippen LogP contribution < -0.4 is 0 Å². The number of hydrogen-bond acceptors (Lipinski definition) is 4. The van der Waals surface area contributed by atoms with Crippen LogP contribution in [0.5, 0.6) is 0 Å². The van der Waals surface area contributed by atoms with E-state index in [0.717, 1.165) is 17.2 Å². The molecule has 1 atom stereocenters. The molecule has 0 aliphatic carbocycles. The van der Waals surface area contributed by atoms with Gasteiger partial charge in [-0.15, -0.1) is 0 Å². The fourth-order valence-electron chi connectivity index (χ4n) is 2.92. The maximum Gasteiger partial charge on any atom is 0.227 e. The average Bonchev–Trinajstić information content (AvgIpc) is 2.85. The minimum atomic E-state index is -0.0677. The van der Waals surface area contributed by atoms with Gasteiger partial charge in [0.15, 0.2) is 0 Å². The molecule has 0 unspecified atom stereocenters. The molecule has 0 N–H and O–H groups in total. The molecule has 1 aromatic carbocycles. The largest absolute Gasteiger partial charge is 0.373 e. The Morgan fingerprint density at radius 1 is 1.42 bits per heavy atom. The van der Waals surface area contributed by atoms with Crippen molar-refractivity contribution >= 4 is 17.5 Å². The quantitative estimate of drug-likeness (QED) is 0.848. The van der Waals surface area contributed by atoms with Crippen molar-refractivity contribution in [3.8, 4) is 0 Å². The summed E-state index contributed by atoms with van der Waals surface area (Å²) in [6, 6.07) is 7.42. The maximum atomic E-state index is 12.5. The molecule has 1 amide bonds. The standard InChI is InChI=1S/C17H21ClN4O2/c1-12-19-13(2)22(20-12)11-16-10-21(6-7-24-16)17(23)9-14-4-3-5-15(18)8-14/h3-5,8,16H,6-7,9-11H2,1-2H3/t16-/m0/s1. The minimum absolute atomic E-state index is 0.0677. The fraction of sp³-hybridized carbons (Fsp3) is 0.471. The van der Waals surface area contributed by atoms with Gasteiger partial charge in [0.1, 0.15) is 11.6 Å². The van der Waals surface area contributed by atoms with Crippen LogP contribution in [0.4, 0.5) is 0 Å². The van der Waals surface area contributed by atoms with Gasteiger partial charge in [0.2, 0.25) is 5.91 Å². The topological polar surface area (TPSA) is 60.2 Å². The summed E-state index contributed by atoms with van der Waals surface area (Å²) in [6.45, 7) is 6.12. The molecule has 0 saturated carbocycles. The fourth-order valence-corrected chi connectivity index (χ4v) is 3.13. The molecular formula is C17H21ClN4O2. The summed E-state index contributed by atoms with van der Waals surface area (Å²) in [7, 11) is 0. The number of carbonyl (C=O) groups excluding carboxylic acids is 1. The van der Waals surface area contributed by atoms with Crippen LogP contribution in [0.1, 0.15) is 17.2 Å². The molecule has 1 aliphatic rings. The van der Waals surface area contributed by atoms with Gasteiger partial charge in [0, 0.05) is 18.1 Å². The number of rotatable bonds is 4. The number of morpholine rings is 1. The number of amides is 1. The number of aromatic nitrogens is 3. The number of nitrogens with zero attached hydrogens (tertiary/aromatic N) is 4. The highest BCUT2D eigenvalue weighted by Gasteiger charge is 2.25. The van der Waals surface area contributed by atoms with E-state index in [1.54, 1.807) is 0 Å². The lowest BCUT2D eigenvalue weighted by molar-refractivity contribution is -0.138. The van der Waals surface area contributed by atoms with Crippen molar-refractivity contribution in [3.63, 3.8) is 0 Å². The number of halogens is 1. The summed E-state index contributed by atoms with van der Waals surface area (Å²) in [5.74, 6) is 1.70. The van der Waals surface area contributed by atoms with Gasteiger partial charge in [0.25, 0.3) is 0 Å². The molecule has 0 radical (unpaired) electrons. The van der Waals surface area contributed by atoms with Crippen LogP contribution in [0.15, 0.2) is 24.3 Å². The number of ether oxygens (including phenoxy) is 1. The third kappa shape index (κ3) is 4.13. The number of hydrogen-bond donors (Lipinski definition) is 0. The second-order valence-corrected chi connectivity index (χ2v) is 6.46. The first kappa shape index (κ1) is 16.9. The molecule has 0 spiro atoms. The molecule has 1 saturated heterocycles. The van der Waals surface area contributed by atoms with Crippen LogP contribution >= 0.6 is 11.6 Å². The smallest absolute Gasteiger partial charge is 0.227 e. The molecule has 7 heteroatoms. The van der Waals surface area contributed by atoms with Gasteiger partial charge >= 0.3 is 0 Å². The van der Waals surface area contributed by atoms with E-state index < -0.39 is 0 Å². The summed E-state index contributed by atoms with van der Waals surface area (Å²) >= 11 is 5.98. The highest BCUT2D eigenvalue weighted by molar-refractivity contribution is 6.30. The van der Waals surface area contributed by atoms with Gasteiger partial charge in [-0.1, -0.05) is 23.7 Å². The van der Waals surface area contributed by atoms with E-state index in [2.05, 4.69) is 10.1 Å². The SMILES string of the molecule is Cc1nc(C)n(C[C@@H]2CN(C(=O)Cc3cccc(Cl)c3)CCO2)n1. The third-order valence-electron chi connectivity index (χ3n) is 4.08. The first-order chi connectivity index (χ1) is 11.5. The Bertz CT molecular complexity index is 731. The third-order valence-corrected chi connectivity index (χ3v) is 4.31. The molecule has 2 aromatic rings. The highest BCUT2D eigenvalue weighted by atomic mass is 35.5. The zero-order valence-electron chi connectivity index (χ0n) is 13.9. The summed E-state index contributed by atoms with van der Waals surface area (Å²) in [5, 5.41) is 5.01.